The smallest absolute Gasteiger partial charge is 0.251 e. The standard InChI is InChI=1S/C19H31NO4/c1-18(2,3)14-9-12(10-15(16(14)23)19(4,5)6)17(24)20-8-7-13(22)11-21/h9-10,13,21-23H,7-8,11H2,1-6H3,(H,20,24). The maximum atomic E-state index is 12.4. The van der Waals surface area contributed by atoms with Crippen molar-refractivity contribution in [2.45, 2.75) is 64.9 Å². The first-order chi connectivity index (χ1) is 10.9. The number of hydrogen-bond acceptors (Lipinski definition) is 4. The number of aliphatic hydroxyl groups is 2. The summed E-state index contributed by atoms with van der Waals surface area (Å²) in [5, 5.41) is 31.6. The Labute approximate surface area is 144 Å². The van der Waals surface area contributed by atoms with E-state index in [0.717, 1.165) is 11.1 Å². The molecular formula is C19H31NO4. The van der Waals surface area contributed by atoms with Gasteiger partial charge in [-0.25, -0.2) is 0 Å². The van der Waals surface area contributed by atoms with Crippen molar-refractivity contribution in [1.29, 1.82) is 0 Å². The average molecular weight is 337 g/mol. The summed E-state index contributed by atoms with van der Waals surface area (Å²) >= 11 is 0. The Morgan fingerprint density at radius 1 is 1.08 bits per heavy atom. The predicted octanol–water partition coefficient (Wildman–Crippen LogP) is 2.46. The van der Waals surface area contributed by atoms with Gasteiger partial charge in [-0.1, -0.05) is 41.5 Å². The normalized spacial score (nSPS) is 13.7. The van der Waals surface area contributed by atoms with Crippen LogP contribution in [0.3, 0.4) is 0 Å². The summed E-state index contributed by atoms with van der Waals surface area (Å²) in [5.41, 5.74) is 1.35. The van der Waals surface area contributed by atoms with Gasteiger partial charge in [0.1, 0.15) is 5.75 Å². The molecule has 1 aromatic rings. The van der Waals surface area contributed by atoms with Crippen LogP contribution < -0.4 is 5.32 Å². The summed E-state index contributed by atoms with van der Waals surface area (Å²) in [7, 11) is 0. The molecule has 5 nitrogen and oxygen atoms in total. The van der Waals surface area contributed by atoms with Gasteiger partial charge in [-0.3, -0.25) is 4.79 Å². The lowest BCUT2D eigenvalue weighted by atomic mass is 9.78. The number of phenolic OH excluding ortho intramolecular Hbond substituents is 1. The van der Waals surface area contributed by atoms with E-state index in [0.29, 0.717) is 12.0 Å². The van der Waals surface area contributed by atoms with E-state index >= 15 is 0 Å². The quantitative estimate of drug-likeness (QED) is 0.664. The molecule has 0 aromatic heterocycles. The van der Waals surface area contributed by atoms with Crippen LogP contribution in [-0.4, -0.2) is 40.5 Å². The number of benzene rings is 1. The van der Waals surface area contributed by atoms with E-state index in [4.69, 9.17) is 5.11 Å². The molecule has 0 bridgehead atoms. The number of carbonyl (C=O) groups excluding carboxylic acids is 1. The highest BCUT2D eigenvalue weighted by molar-refractivity contribution is 5.95. The van der Waals surface area contributed by atoms with Crippen molar-refractivity contribution in [1.82, 2.24) is 5.32 Å². The van der Waals surface area contributed by atoms with Crippen molar-refractivity contribution in [2.24, 2.45) is 0 Å². The second-order valence-corrected chi connectivity index (χ2v) is 8.30. The first-order valence-electron chi connectivity index (χ1n) is 8.33. The van der Waals surface area contributed by atoms with Crippen molar-refractivity contribution in [3.63, 3.8) is 0 Å². The van der Waals surface area contributed by atoms with Crippen LogP contribution in [0.15, 0.2) is 12.1 Å². The molecule has 0 heterocycles. The molecule has 0 aliphatic rings. The van der Waals surface area contributed by atoms with Crippen molar-refractivity contribution in [3.05, 3.63) is 28.8 Å². The molecule has 0 aliphatic carbocycles. The third-order valence-corrected chi connectivity index (χ3v) is 3.96. The first kappa shape index (κ1) is 20.5. The zero-order valence-corrected chi connectivity index (χ0v) is 15.6. The molecule has 1 amide bonds. The van der Waals surface area contributed by atoms with Gasteiger partial charge in [-0.05, 0) is 29.4 Å². The molecule has 0 saturated carbocycles. The molecule has 0 fully saturated rings. The summed E-state index contributed by atoms with van der Waals surface area (Å²) in [6.07, 6.45) is -0.543. The van der Waals surface area contributed by atoms with Crippen molar-refractivity contribution >= 4 is 5.91 Å². The summed E-state index contributed by atoms with van der Waals surface area (Å²) in [5.74, 6) is -0.0154. The van der Waals surface area contributed by atoms with Crippen LogP contribution in [0.25, 0.3) is 0 Å². The van der Waals surface area contributed by atoms with E-state index in [9.17, 15) is 15.0 Å². The SMILES string of the molecule is CC(C)(C)c1cc(C(=O)NCCC(O)CO)cc(C(C)(C)C)c1O. The number of hydrogen-bond donors (Lipinski definition) is 4. The number of nitrogens with one attached hydrogen (secondary N) is 1. The predicted molar refractivity (Wildman–Crippen MR) is 95.5 cm³/mol. The fourth-order valence-corrected chi connectivity index (χ4v) is 2.45. The van der Waals surface area contributed by atoms with Gasteiger partial charge in [0.15, 0.2) is 0 Å². The molecule has 1 aromatic carbocycles. The Balaban J connectivity index is 3.17. The maximum absolute atomic E-state index is 12.4. The van der Waals surface area contributed by atoms with Gasteiger partial charge in [-0.2, -0.15) is 0 Å². The van der Waals surface area contributed by atoms with Crippen molar-refractivity contribution in [2.75, 3.05) is 13.2 Å². The molecule has 5 heteroatoms. The molecule has 4 N–H and O–H groups in total. The fraction of sp³-hybridized carbons (Fsp3) is 0.632. The van der Waals surface area contributed by atoms with Crippen molar-refractivity contribution in [3.8, 4) is 5.75 Å². The van der Waals surface area contributed by atoms with Crippen LogP contribution >= 0.6 is 0 Å². The molecule has 136 valence electrons. The lowest BCUT2D eigenvalue weighted by molar-refractivity contribution is 0.0834. The van der Waals surface area contributed by atoms with Crippen LogP contribution in [0, 0.1) is 0 Å². The molecule has 0 saturated heterocycles. The zero-order valence-electron chi connectivity index (χ0n) is 15.6. The molecule has 1 unspecified atom stereocenters. The van der Waals surface area contributed by atoms with Gasteiger partial charge in [0.2, 0.25) is 0 Å². The lowest BCUT2D eigenvalue weighted by Gasteiger charge is -2.28. The third-order valence-electron chi connectivity index (χ3n) is 3.96. The Morgan fingerprint density at radius 2 is 1.54 bits per heavy atom. The molecule has 0 aliphatic heterocycles. The molecular weight excluding hydrogens is 306 g/mol. The third kappa shape index (κ3) is 5.21. The largest absolute Gasteiger partial charge is 0.507 e. The minimum atomic E-state index is -0.833. The summed E-state index contributed by atoms with van der Waals surface area (Å²) in [6.45, 7) is 11.9. The van der Waals surface area contributed by atoms with Gasteiger partial charge in [0.25, 0.3) is 5.91 Å². The average Bonchev–Trinajstić information content (AvgIpc) is 2.44. The van der Waals surface area contributed by atoms with E-state index in [1.807, 2.05) is 41.5 Å². The fourth-order valence-electron chi connectivity index (χ4n) is 2.45. The summed E-state index contributed by atoms with van der Waals surface area (Å²) in [4.78, 5) is 12.4. The van der Waals surface area contributed by atoms with E-state index in [2.05, 4.69) is 5.32 Å². The van der Waals surface area contributed by atoms with E-state index < -0.39 is 6.10 Å². The highest BCUT2D eigenvalue weighted by atomic mass is 16.3. The van der Waals surface area contributed by atoms with Gasteiger partial charge in [0, 0.05) is 23.2 Å². The molecule has 0 spiro atoms. The highest BCUT2D eigenvalue weighted by Crippen LogP contribution is 2.39. The van der Waals surface area contributed by atoms with Crippen molar-refractivity contribution < 1.29 is 20.1 Å². The number of carbonyl (C=O) groups is 1. The number of rotatable bonds is 5. The zero-order chi connectivity index (χ0) is 18.7. The minimum Gasteiger partial charge on any atom is -0.507 e. The number of aliphatic hydroxyl groups excluding tert-OH is 2. The van der Waals surface area contributed by atoms with Crippen LogP contribution in [0.5, 0.6) is 5.75 Å². The number of phenols is 1. The van der Waals surface area contributed by atoms with Gasteiger partial charge >= 0.3 is 0 Å². The van der Waals surface area contributed by atoms with E-state index in [-0.39, 0.29) is 35.6 Å². The van der Waals surface area contributed by atoms with Crippen LogP contribution in [-0.2, 0) is 10.8 Å². The van der Waals surface area contributed by atoms with Crippen LogP contribution in [0.1, 0.15) is 69.4 Å². The minimum absolute atomic E-state index is 0.238. The Kier molecular flexibility index (Phi) is 6.42. The Morgan fingerprint density at radius 3 is 1.92 bits per heavy atom. The Bertz CT molecular complexity index is 547. The van der Waals surface area contributed by atoms with Crippen LogP contribution in [0.4, 0.5) is 0 Å². The Hall–Kier alpha value is -1.59. The highest BCUT2D eigenvalue weighted by Gasteiger charge is 2.27. The van der Waals surface area contributed by atoms with E-state index in [1.54, 1.807) is 12.1 Å². The second-order valence-electron chi connectivity index (χ2n) is 8.30. The maximum Gasteiger partial charge on any atom is 0.251 e. The van der Waals surface area contributed by atoms with Gasteiger partial charge in [-0.15, -0.1) is 0 Å². The van der Waals surface area contributed by atoms with E-state index in [1.165, 1.54) is 0 Å². The summed E-state index contributed by atoms with van der Waals surface area (Å²) in [6, 6.07) is 3.45. The van der Waals surface area contributed by atoms with Gasteiger partial charge < -0.3 is 20.6 Å². The molecule has 24 heavy (non-hydrogen) atoms. The lowest BCUT2D eigenvalue weighted by Crippen LogP contribution is -2.29. The monoisotopic (exact) mass is 337 g/mol. The molecule has 0 radical (unpaired) electrons. The van der Waals surface area contributed by atoms with Gasteiger partial charge in [0.05, 0.1) is 12.7 Å². The number of aromatic hydroxyl groups is 1. The molecule has 1 atom stereocenters. The molecule has 1 rings (SSSR count). The topological polar surface area (TPSA) is 89.8 Å². The van der Waals surface area contributed by atoms with Crippen LogP contribution in [0.2, 0.25) is 0 Å². The number of amides is 1. The summed E-state index contributed by atoms with van der Waals surface area (Å²) < 4.78 is 0. The second kappa shape index (κ2) is 7.53. The first-order valence-corrected chi connectivity index (χ1v) is 8.33.